The average molecular weight is 497 g/mol. The standard InChI is InChI=1S/C27H36N4O5/c1-16(2)24(27(34)36-21-8-9-35-15-21)28-12-19-6-7-23-22(11-19)29-25(31(23)18(4)14-32)20-10-17(3)26(33)30(5)13-20/h6-7,10-11,13,16,18,21,24,28,32H,8-9,12,14-15H2,1-5H3/t18-,21-,24?/m0/s1. The monoisotopic (exact) mass is 496 g/mol. The van der Waals surface area contributed by atoms with Crippen LogP contribution in [0.3, 0.4) is 0 Å². The summed E-state index contributed by atoms with van der Waals surface area (Å²) in [6.07, 6.45) is 2.34. The fourth-order valence-electron chi connectivity index (χ4n) is 4.65. The van der Waals surface area contributed by atoms with Crippen LogP contribution in [0, 0.1) is 12.8 Å². The topological polar surface area (TPSA) is 108 Å². The highest BCUT2D eigenvalue weighted by atomic mass is 16.6. The van der Waals surface area contributed by atoms with E-state index in [1.54, 1.807) is 24.7 Å². The van der Waals surface area contributed by atoms with Crippen molar-refractivity contribution in [2.24, 2.45) is 13.0 Å². The fourth-order valence-corrected chi connectivity index (χ4v) is 4.65. The zero-order valence-electron chi connectivity index (χ0n) is 21.7. The summed E-state index contributed by atoms with van der Waals surface area (Å²) in [5.41, 5.74) is 4.04. The van der Waals surface area contributed by atoms with Gasteiger partial charge in [0.25, 0.3) is 5.56 Å². The highest BCUT2D eigenvalue weighted by molar-refractivity contribution is 5.81. The number of pyridine rings is 1. The average Bonchev–Trinajstić information content (AvgIpc) is 3.49. The maximum atomic E-state index is 12.8. The molecule has 0 radical (unpaired) electrons. The van der Waals surface area contributed by atoms with Crippen LogP contribution in [0.4, 0.5) is 0 Å². The second-order valence-electron chi connectivity index (χ2n) is 10.0. The number of fused-ring (bicyclic) bond motifs is 1. The number of ether oxygens (including phenoxy) is 2. The number of hydrogen-bond donors (Lipinski definition) is 2. The Bertz CT molecular complexity index is 1260. The van der Waals surface area contributed by atoms with Crippen LogP contribution in [0.25, 0.3) is 22.4 Å². The van der Waals surface area contributed by atoms with E-state index < -0.39 is 6.04 Å². The number of esters is 1. The molecule has 2 N–H and O–H groups in total. The van der Waals surface area contributed by atoms with E-state index in [2.05, 4.69) is 5.32 Å². The summed E-state index contributed by atoms with van der Waals surface area (Å²) in [5, 5.41) is 13.3. The zero-order chi connectivity index (χ0) is 26.0. The highest BCUT2D eigenvalue weighted by Gasteiger charge is 2.28. The lowest BCUT2D eigenvalue weighted by Gasteiger charge is -2.22. The molecule has 1 fully saturated rings. The van der Waals surface area contributed by atoms with E-state index in [0.717, 1.165) is 28.6 Å². The van der Waals surface area contributed by atoms with Crippen LogP contribution in [-0.4, -0.2) is 57.2 Å². The molecule has 36 heavy (non-hydrogen) atoms. The zero-order valence-corrected chi connectivity index (χ0v) is 21.7. The van der Waals surface area contributed by atoms with Gasteiger partial charge in [0.2, 0.25) is 0 Å². The largest absolute Gasteiger partial charge is 0.459 e. The Balaban J connectivity index is 1.61. The number of carbonyl (C=O) groups excluding carboxylic acids is 1. The summed E-state index contributed by atoms with van der Waals surface area (Å²) in [6, 6.07) is 7.18. The van der Waals surface area contributed by atoms with Crippen molar-refractivity contribution >= 4 is 17.0 Å². The summed E-state index contributed by atoms with van der Waals surface area (Å²) in [6.45, 7) is 9.22. The lowest BCUT2D eigenvalue weighted by atomic mass is 10.0. The van der Waals surface area contributed by atoms with E-state index in [0.29, 0.717) is 31.1 Å². The van der Waals surface area contributed by atoms with Gasteiger partial charge in [0.1, 0.15) is 18.0 Å². The summed E-state index contributed by atoms with van der Waals surface area (Å²) < 4.78 is 14.5. The number of benzene rings is 1. The molecule has 1 unspecified atom stereocenters. The third-order valence-corrected chi connectivity index (χ3v) is 6.70. The number of imidazole rings is 1. The summed E-state index contributed by atoms with van der Waals surface area (Å²) in [4.78, 5) is 29.9. The molecule has 0 spiro atoms. The van der Waals surface area contributed by atoms with E-state index in [-0.39, 0.29) is 36.2 Å². The molecule has 1 aliphatic rings. The smallest absolute Gasteiger partial charge is 0.323 e. The van der Waals surface area contributed by atoms with Gasteiger partial charge in [0.15, 0.2) is 0 Å². The molecule has 3 atom stereocenters. The van der Waals surface area contributed by atoms with Crippen LogP contribution in [0.15, 0.2) is 35.3 Å². The van der Waals surface area contributed by atoms with E-state index in [1.807, 2.05) is 49.6 Å². The normalized spacial score (nSPS) is 17.6. The van der Waals surface area contributed by atoms with Gasteiger partial charge in [-0.3, -0.25) is 9.59 Å². The van der Waals surface area contributed by atoms with Gasteiger partial charge < -0.3 is 29.0 Å². The number of aryl methyl sites for hydroxylation is 2. The van der Waals surface area contributed by atoms with Gasteiger partial charge in [0.05, 0.1) is 36.9 Å². The number of aromatic nitrogens is 3. The number of hydrogen-bond acceptors (Lipinski definition) is 7. The van der Waals surface area contributed by atoms with E-state index >= 15 is 0 Å². The number of carbonyl (C=O) groups is 1. The molecule has 9 heteroatoms. The minimum absolute atomic E-state index is 0.0449. The highest BCUT2D eigenvalue weighted by Crippen LogP contribution is 2.29. The summed E-state index contributed by atoms with van der Waals surface area (Å²) in [7, 11) is 1.72. The molecule has 0 amide bonds. The first-order chi connectivity index (χ1) is 17.2. The first-order valence-corrected chi connectivity index (χ1v) is 12.5. The van der Waals surface area contributed by atoms with E-state index in [1.165, 1.54) is 0 Å². The third kappa shape index (κ3) is 5.38. The third-order valence-electron chi connectivity index (χ3n) is 6.70. The molecule has 1 aliphatic heterocycles. The van der Waals surface area contributed by atoms with Crippen LogP contribution < -0.4 is 10.9 Å². The van der Waals surface area contributed by atoms with Crippen molar-refractivity contribution in [3.63, 3.8) is 0 Å². The van der Waals surface area contributed by atoms with Crippen LogP contribution in [0.1, 0.15) is 44.4 Å². The Hall–Kier alpha value is -3.01. The molecular weight excluding hydrogens is 460 g/mol. The van der Waals surface area contributed by atoms with Gasteiger partial charge >= 0.3 is 5.97 Å². The number of aliphatic hydroxyl groups excluding tert-OH is 1. The predicted octanol–water partition coefficient (Wildman–Crippen LogP) is 2.71. The van der Waals surface area contributed by atoms with Gasteiger partial charge in [-0.15, -0.1) is 0 Å². The van der Waals surface area contributed by atoms with Crippen LogP contribution >= 0.6 is 0 Å². The summed E-state index contributed by atoms with van der Waals surface area (Å²) in [5.74, 6) is 0.500. The van der Waals surface area contributed by atoms with Gasteiger partial charge in [-0.2, -0.15) is 0 Å². The first kappa shape index (κ1) is 26.1. The molecule has 9 nitrogen and oxygen atoms in total. The van der Waals surface area contributed by atoms with Crippen molar-refractivity contribution in [1.29, 1.82) is 0 Å². The molecule has 194 valence electrons. The van der Waals surface area contributed by atoms with Crippen molar-refractivity contribution in [3.8, 4) is 11.4 Å². The minimum Gasteiger partial charge on any atom is -0.459 e. The van der Waals surface area contributed by atoms with Gasteiger partial charge in [0, 0.05) is 37.3 Å². The van der Waals surface area contributed by atoms with E-state index in [9.17, 15) is 14.7 Å². The van der Waals surface area contributed by atoms with Crippen molar-refractivity contribution in [3.05, 3.63) is 51.9 Å². The van der Waals surface area contributed by atoms with Crippen molar-refractivity contribution in [1.82, 2.24) is 19.4 Å². The fraction of sp³-hybridized carbons (Fsp3) is 0.519. The van der Waals surface area contributed by atoms with Crippen LogP contribution in [0.2, 0.25) is 0 Å². The Morgan fingerprint density at radius 1 is 1.31 bits per heavy atom. The van der Waals surface area contributed by atoms with Gasteiger partial charge in [-0.25, -0.2) is 4.98 Å². The molecule has 1 saturated heterocycles. The maximum Gasteiger partial charge on any atom is 0.323 e. The predicted molar refractivity (Wildman–Crippen MR) is 138 cm³/mol. The molecule has 3 heterocycles. The molecule has 4 rings (SSSR count). The van der Waals surface area contributed by atoms with Crippen molar-refractivity contribution in [2.45, 2.75) is 58.8 Å². The van der Waals surface area contributed by atoms with Gasteiger partial charge in [-0.1, -0.05) is 19.9 Å². The second-order valence-corrected chi connectivity index (χ2v) is 10.0. The Morgan fingerprint density at radius 3 is 2.72 bits per heavy atom. The maximum absolute atomic E-state index is 12.8. The Morgan fingerprint density at radius 2 is 2.08 bits per heavy atom. The SMILES string of the molecule is Cc1cc(-c2nc3cc(CNC(C(=O)O[C@H]4CCOC4)C(C)C)ccc3n2[C@@H](C)CO)cn(C)c1=O. The first-order valence-electron chi connectivity index (χ1n) is 12.5. The molecule has 0 bridgehead atoms. The lowest BCUT2D eigenvalue weighted by molar-refractivity contribution is -0.152. The van der Waals surface area contributed by atoms with Crippen molar-refractivity contribution < 1.29 is 19.4 Å². The molecule has 1 aromatic carbocycles. The number of nitrogens with one attached hydrogen (secondary N) is 1. The molecule has 0 saturated carbocycles. The van der Waals surface area contributed by atoms with Crippen LogP contribution in [0.5, 0.6) is 0 Å². The lowest BCUT2D eigenvalue weighted by Crippen LogP contribution is -2.43. The van der Waals surface area contributed by atoms with E-state index in [4.69, 9.17) is 14.5 Å². The molecule has 2 aromatic heterocycles. The minimum atomic E-state index is -0.433. The van der Waals surface area contributed by atoms with Crippen LogP contribution in [-0.2, 0) is 27.9 Å². The number of aliphatic hydroxyl groups is 1. The quantitative estimate of drug-likeness (QED) is 0.439. The second kappa shape index (κ2) is 10.9. The van der Waals surface area contributed by atoms with Gasteiger partial charge in [-0.05, 0) is 43.5 Å². The Kier molecular flexibility index (Phi) is 7.92. The molecular formula is C27H36N4O5. The number of nitrogens with zero attached hydrogens (tertiary/aromatic N) is 3. The Labute approximate surface area is 211 Å². The van der Waals surface area contributed by atoms with Crippen molar-refractivity contribution in [2.75, 3.05) is 19.8 Å². The molecule has 0 aliphatic carbocycles. The summed E-state index contributed by atoms with van der Waals surface area (Å²) >= 11 is 0. The molecule has 3 aromatic rings. The number of rotatable bonds is 9.